The highest BCUT2D eigenvalue weighted by molar-refractivity contribution is 4.87. The van der Waals surface area contributed by atoms with E-state index in [-0.39, 0.29) is 0 Å². The van der Waals surface area contributed by atoms with Gasteiger partial charge >= 0.3 is 0 Å². The van der Waals surface area contributed by atoms with Crippen LogP contribution in [0.5, 0.6) is 0 Å². The zero-order chi connectivity index (χ0) is 11.4. The lowest BCUT2D eigenvalue weighted by atomic mass is 10.2. The van der Waals surface area contributed by atoms with Crippen molar-refractivity contribution in [3.05, 3.63) is 0 Å². The molecular formula is C13H26N2O. The van der Waals surface area contributed by atoms with Crippen molar-refractivity contribution in [1.29, 1.82) is 0 Å². The van der Waals surface area contributed by atoms with Crippen LogP contribution in [0.3, 0.4) is 0 Å². The first kappa shape index (κ1) is 12.3. The van der Waals surface area contributed by atoms with Crippen LogP contribution in [0.2, 0.25) is 0 Å². The second kappa shape index (κ2) is 5.99. The highest BCUT2D eigenvalue weighted by Gasteiger charge is 2.30. The Balaban J connectivity index is 1.82. The topological polar surface area (TPSA) is 24.5 Å². The summed E-state index contributed by atoms with van der Waals surface area (Å²) in [7, 11) is 0. The minimum absolute atomic E-state index is 0.417. The Morgan fingerprint density at radius 1 is 1.38 bits per heavy atom. The summed E-state index contributed by atoms with van der Waals surface area (Å²) in [5.74, 6) is 0. The molecule has 2 aliphatic rings. The summed E-state index contributed by atoms with van der Waals surface area (Å²) in [5.41, 5.74) is 0. The second-order valence-electron chi connectivity index (χ2n) is 5.25. The molecule has 1 aliphatic carbocycles. The predicted molar refractivity (Wildman–Crippen MR) is 66.7 cm³/mol. The Morgan fingerprint density at radius 3 is 3.06 bits per heavy atom. The van der Waals surface area contributed by atoms with Gasteiger partial charge in [0.05, 0.1) is 6.10 Å². The van der Waals surface area contributed by atoms with Gasteiger partial charge in [-0.3, -0.25) is 4.90 Å². The van der Waals surface area contributed by atoms with E-state index in [0.29, 0.717) is 6.10 Å². The van der Waals surface area contributed by atoms with E-state index in [1.165, 1.54) is 32.2 Å². The van der Waals surface area contributed by atoms with Gasteiger partial charge in [0.2, 0.25) is 0 Å². The molecule has 1 saturated heterocycles. The van der Waals surface area contributed by atoms with Crippen LogP contribution in [0.15, 0.2) is 0 Å². The average Bonchev–Trinajstić information content (AvgIpc) is 2.61. The predicted octanol–water partition coefficient (Wildman–Crippen LogP) is 1.63. The summed E-state index contributed by atoms with van der Waals surface area (Å²) in [5, 5.41) is 3.58. The second-order valence-corrected chi connectivity index (χ2v) is 5.25. The van der Waals surface area contributed by atoms with Crippen LogP contribution in [0.25, 0.3) is 0 Å². The van der Waals surface area contributed by atoms with Crippen molar-refractivity contribution >= 4 is 0 Å². The van der Waals surface area contributed by atoms with Crippen LogP contribution in [-0.2, 0) is 4.74 Å². The largest absolute Gasteiger partial charge is 0.377 e. The molecule has 0 bridgehead atoms. The molecule has 1 heterocycles. The van der Waals surface area contributed by atoms with Gasteiger partial charge in [0, 0.05) is 31.8 Å². The molecule has 1 aliphatic heterocycles. The molecule has 0 aromatic rings. The molecule has 1 saturated carbocycles. The molecule has 3 atom stereocenters. The Bertz CT molecular complexity index is 210. The summed E-state index contributed by atoms with van der Waals surface area (Å²) in [4.78, 5) is 2.66. The van der Waals surface area contributed by atoms with E-state index in [4.69, 9.17) is 4.74 Å². The minimum atomic E-state index is 0.417. The molecule has 3 unspecified atom stereocenters. The standard InChI is InChI=1S/C13H26N2O/c1-3-14-12-5-6-13(9-12)15-7-4-8-16-11(2)10-15/h11-14H,3-10H2,1-2H3. The fourth-order valence-corrected chi connectivity index (χ4v) is 3.12. The summed E-state index contributed by atoms with van der Waals surface area (Å²) >= 11 is 0. The number of hydrogen-bond acceptors (Lipinski definition) is 3. The summed E-state index contributed by atoms with van der Waals surface area (Å²) < 4.78 is 5.71. The Morgan fingerprint density at radius 2 is 2.25 bits per heavy atom. The van der Waals surface area contributed by atoms with Crippen LogP contribution >= 0.6 is 0 Å². The number of rotatable bonds is 3. The highest BCUT2D eigenvalue weighted by Crippen LogP contribution is 2.25. The minimum Gasteiger partial charge on any atom is -0.377 e. The molecular weight excluding hydrogens is 200 g/mol. The van der Waals surface area contributed by atoms with Crippen LogP contribution in [0.1, 0.15) is 39.5 Å². The summed E-state index contributed by atoms with van der Waals surface area (Å²) in [6.45, 7) is 8.82. The van der Waals surface area contributed by atoms with Crippen LogP contribution in [0.4, 0.5) is 0 Å². The number of nitrogens with one attached hydrogen (secondary N) is 1. The Labute approximate surface area is 99.5 Å². The fourth-order valence-electron chi connectivity index (χ4n) is 3.12. The van der Waals surface area contributed by atoms with E-state index in [0.717, 1.165) is 31.8 Å². The van der Waals surface area contributed by atoms with Gasteiger partial charge in [-0.1, -0.05) is 6.92 Å². The first-order valence-corrected chi connectivity index (χ1v) is 6.88. The maximum absolute atomic E-state index is 5.71. The molecule has 0 radical (unpaired) electrons. The van der Waals surface area contributed by atoms with E-state index in [9.17, 15) is 0 Å². The lowest BCUT2D eigenvalue weighted by molar-refractivity contribution is 0.0609. The van der Waals surface area contributed by atoms with Crippen molar-refractivity contribution in [2.45, 2.75) is 57.7 Å². The Kier molecular flexibility index (Phi) is 4.62. The first-order valence-electron chi connectivity index (χ1n) is 6.88. The van der Waals surface area contributed by atoms with E-state index in [2.05, 4.69) is 24.1 Å². The molecule has 3 nitrogen and oxygen atoms in total. The molecule has 2 fully saturated rings. The molecule has 16 heavy (non-hydrogen) atoms. The normalized spacial score (nSPS) is 37.5. The van der Waals surface area contributed by atoms with Crippen molar-refractivity contribution in [3.63, 3.8) is 0 Å². The summed E-state index contributed by atoms with van der Waals surface area (Å²) in [6.07, 6.45) is 5.67. The van der Waals surface area contributed by atoms with Gasteiger partial charge in [-0.2, -0.15) is 0 Å². The third-order valence-electron chi connectivity index (χ3n) is 3.90. The van der Waals surface area contributed by atoms with Crippen LogP contribution < -0.4 is 5.32 Å². The van der Waals surface area contributed by atoms with Gasteiger partial charge in [-0.15, -0.1) is 0 Å². The zero-order valence-electron chi connectivity index (χ0n) is 10.7. The van der Waals surface area contributed by atoms with E-state index >= 15 is 0 Å². The summed E-state index contributed by atoms with van der Waals surface area (Å²) in [6, 6.07) is 1.56. The van der Waals surface area contributed by atoms with Crippen LogP contribution in [-0.4, -0.2) is 49.3 Å². The van der Waals surface area contributed by atoms with Crippen LogP contribution in [0, 0.1) is 0 Å². The van der Waals surface area contributed by atoms with E-state index < -0.39 is 0 Å². The first-order chi connectivity index (χ1) is 7.79. The third kappa shape index (κ3) is 3.19. The van der Waals surface area contributed by atoms with Gasteiger partial charge in [-0.05, 0) is 39.2 Å². The van der Waals surface area contributed by atoms with Gasteiger partial charge < -0.3 is 10.1 Å². The van der Waals surface area contributed by atoms with Crippen molar-refractivity contribution in [2.75, 3.05) is 26.2 Å². The van der Waals surface area contributed by atoms with Gasteiger partial charge in [0.25, 0.3) is 0 Å². The quantitative estimate of drug-likeness (QED) is 0.791. The fraction of sp³-hybridized carbons (Fsp3) is 1.00. The third-order valence-corrected chi connectivity index (χ3v) is 3.90. The molecule has 2 rings (SSSR count). The lowest BCUT2D eigenvalue weighted by Gasteiger charge is -2.28. The van der Waals surface area contributed by atoms with Gasteiger partial charge in [-0.25, -0.2) is 0 Å². The van der Waals surface area contributed by atoms with Crippen molar-refractivity contribution in [3.8, 4) is 0 Å². The molecule has 0 spiro atoms. The SMILES string of the molecule is CCNC1CCC(N2CCCOC(C)C2)C1. The maximum atomic E-state index is 5.71. The zero-order valence-corrected chi connectivity index (χ0v) is 10.7. The smallest absolute Gasteiger partial charge is 0.0674 e. The van der Waals surface area contributed by atoms with E-state index in [1.807, 2.05) is 0 Å². The van der Waals surface area contributed by atoms with Gasteiger partial charge in [0.15, 0.2) is 0 Å². The maximum Gasteiger partial charge on any atom is 0.0674 e. The van der Waals surface area contributed by atoms with Crippen molar-refractivity contribution < 1.29 is 4.74 Å². The molecule has 1 N–H and O–H groups in total. The average molecular weight is 226 g/mol. The number of ether oxygens (including phenoxy) is 1. The lowest BCUT2D eigenvalue weighted by Crippen LogP contribution is -2.39. The monoisotopic (exact) mass is 226 g/mol. The number of hydrogen-bond donors (Lipinski definition) is 1. The number of nitrogens with zero attached hydrogens (tertiary/aromatic N) is 1. The molecule has 0 aromatic carbocycles. The van der Waals surface area contributed by atoms with E-state index in [1.54, 1.807) is 0 Å². The van der Waals surface area contributed by atoms with Gasteiger partial charge in [0.1, 0.15) is 0 Å². The van der Waals surface area contributed by atoms with Crippen molar-refractivity contribution in [1.82, 2.24) is 10.2 Å². The molecule has 94 valence electrons. The molecule has 3 heteroatoms. The van der Waals surface area contributed by atoms with Crippen molar-refractivity contribution in [2.24, 2.45) is 0 Å². The molecule has 0 amide bonds. The Hall–Kier alpha value is -0.120. The highest BCUT2D eigenvalue weighted by atomic mass is 16.5. The molecule has 0 aromatic heterocycles.